The lowest BCUT2D eigenvalue weighted by Crippen LogP contribution is -2.05. The van der Waals surface area contributed by atoms with Crippen molar-refractivity contribution in [3.63, 3.8) is 0 Å². The Morgan fingerprint density at radius 1 is 1.56 bits per heavy atom. The van der Waals surface area contributed by atoms with Crippen molar-refractivity contribution < 1.29 is 4.42 Å². The first-order valence-electron chi connectivity index (χ1n) is 5.06. The maximum atomic E-state index is 9.06. The molecule has 0 saturated carbocycles. The Hall–Kier alpha value is -1.47. The molecule has 0 aromatic carbocycles. The van der Waals surface area contributed by atoms with E-state index in [0.29, 0.717) is 12.2 Å². The molecule has 0 amide bonds. The summed E-state index contributed by atoms with van der Waals surface area (Å²) in [6.07, 6.45) is 2.52. The third-order valence-electron chi connectivity index (χ3n) is 2.50. The fraction of sp³-hybridized carbons (Fsp3) is 0.250. The second-order valence-corrected chi connectivity index (χ2v) is 4.31. The molecule has 3 nitrogen and oxygen atoms in total. The number of nitrogens with zero attached hydrogens (tertiary/aromatic N) is 2. The normalized spacial score (nSPS) is 10.3. The van der Waals surface area contributed by atoms with E-state index in [0.717, 1.165) is 22.3 Å². The lowest BCUT2D eigenvalue weighted by Gasteiger charge is -2.07. The van der Waals surface area contributed by atoms with Gasteiger partial charge in [0.25, 0.3) is 0 Å². The minimum absolute atomic E-state index is 0.602. The first-order chi connectivity index (χ1) is 7.76. The molecule has 2 rings (SSSR count). The van der Waals surface area contributed by atoms with Gasteiger partial charge in [0.2, 0.25) is 0 Å². The lowest BCUT2D eigenvalue weighted by molar-refractivity contribution is 0.489. The Kier molecular flexibility index (Phi) is 3.16. The van der Waals surface area contributed by atoms with Crippen LogP contribution in [0.3, 0.4) is 0 Å². The highest BCUT2D eigenvalue weighted by Gasteiger charge is 2.12. The predicted octanol–water partition coefficient (Wildman–Crippen LogP) is 3.33. The Balaban J connectivity index is 2.42. The van der Waals surface area contributed by atoms with Crippen molar-refractivity contribution >= 4 is 15.9 Å². The van der Waals surface area contributed by atoms with E-state index < -0.39 is 0 Å². The van der Waals surface area contributed by atoms with Crippen LogP contribution in [0.4, 0.5) is 0 Å². The smallest absolute Gasteiger partial charge is 0.123 e. The minimum Gasteiger partial charge on any atom is -0.467 e. The van der Waals surface area contributed by atoms with Gasteiger partial charge >= 0.3 is 0 Å². The SMILES string of the molecule is CCc1c(Br)cc(C#N)n1Cc1ccco1. The Labute approximate surface area is 102 Å². The van der Waals surface area contributed by atoms with E-state index in [4.69, 9.17) is 9.68 Å². The molecule has 0 N–H and O–H groups in total. The molecule has 0 fully saturated rings. The van der Waals surface area contributed by atoms with E-state index in [1.54, 1.807) is 6.26 Å². The molecule has 0 saturated heterocycles. The second-order valence-electron chi connectivity index (χ2n) is 3.46. The average Bonchev–Trinajstić information content (AvgIpc) is 2.87. The second kappa shape index (κ2) is 4.58. The maximum absolute atomic E-state index is 9.06. The molecule has 2 aromatic rings. The summed E-state index contributed by atoms with van der Waals surface area (Å²) in [4.78, 5) is 0. The summed E-state index contributed by atoms with van der Waals surface area (Å²) in [6, 6.07) is 7.81. The molecular weight excluding hydrogens is 268 g/mol. The van der Waals surface area contributed by atoms with Crippen LogP contribution in [0.2, 0.25) is 0 Å². The van der Waals surface area contributed by atoms with Gasteiger partial charge in [-0.15, -0.1) is 0 Å². The zero-order valence-corrected chi connectivity index (χ0v) is 10.5. The Morgan fingerprint density at radius 2 is 2.38 bits per heavy atom. The number of hydrogen-bond acceptors (Lipinski definition) is 2. The van der Waals surface area contributed by atoms with E-state index >= 15 is 0 Å². The summed E-state index contributed by atoms with van der Waals surface area (Å²) < 4.78 is 8.26. The summed E-state index contributed by atoms with van der Waals surface area (Å²) in [6.45, 7) is 2.67. The summed E-state index contributed by atoms with van der Waals surface area (Å²) in [5.74, 6) is 0.856. The molecule has 0 aliphatic heterocycles. The summed E-state index contributed by atoms with van der Waals surface area (Å²) in [7, 11) is 0. The van der Waals surface area contributed by atoms with Crippen LogP contribution in [0.5, 0.6) is 0 Å². The summed E-state index contributed by atoms with van der Waals surface area (Å²) >= 11 is 3.47. The van der Waals surface area contributed by atoms with Crippen molar-refractivity contribution in [2.24, 2.45) is 0 Å². The van der Waals surface area contributed by atoms with E-state index in [1.165, 1.54) is 0 Å². The molecule has 82 valence electrons. The van der Waals surface area contributed by atoms with Crippen LogP contribution in [-0.4, -0.2) is 4.57 Å². The molecule has 2 aromatic heterocycles. The lowest BCUT2D eigenvalue weighted by atomic mass is 10.3. The zero-order chi connectivity index (χ0) is 11.5. The first-order valence-corrected chi connectivity index (χ1v) is 5.86. The summed E-state index contributed by atoms with van der Waals surface area (Å²) in [5, 5.41) is 9.06. The zero-order valence-electron chi connectivity index (χ0n) is 8.90. The predicted molar refractivity (Wildman–Crippen MR) is 64.0 cm³/mol. The van der Waals surface area contributed by atoms with E-state index in [1.807, 2.05) is 22.8 Å². The highest BCUT2D eigenvalue weighted by Crippen LogP contribution is 2.23. The number of furan rings is 1. The number of halogens is 1. The number of rotatable bonds is 3. The maximum Gasteiger partial charge on any atom is 0.123 e. The van der Waals surface area contributed by atoms with Gasteiger partial charge in [0.05, 0.1) is 12.8 Å². The van der Waals surface area contributed by atoms with E-state index in [9.17, 15) is 0 Å². The van der Waals surface area contributed by atoms with Gasteiger partial charge in [0.1, 0.15) is 17.5 Å². The third kappa shape index (κ3) is 1.91. The van der Waals surface area contributed by atoms with Crippen LogP contribution in [-0.2, 0) is 13.0 Å². The van der Waals surface area contributed by atoms with Gasteiger partial charge in [-0.05, 0) is 40.5 Å². The molecule has 0 atom stereocenters. The number of aromatic nitrogens is 1. The standard InChI is InChI=1S/C12H11BrN2O/c1-2-12-11(13)6-9(7-14)15(12)8-10-4-3-5-16-10/h3-6H,2,8H2,1H3. The molecule has 0 aliphatic carbocycles. The Bertz CT molecular complexity index is 520. The van der Waals surface area contributed by atoms with E-state index in [2.05, 4.69) is 28.9 Å². The minimum atomic E-state index is 0.602. The number of nitriles is 1. The molecule has 0 aliphatic rings. The largest absolute Gasteiger partial charge is 0.467 e. The van der Waals surface area contributed by atoms with Gasteiger partial charge in [0, 0.05) is 10.2 Å². The van der Waals surface area contributed by atoms with Gasteiger partial charge < -0.3 is 8.98 Å². The molecule has 0 unspecified atom stereocenters. The summed E-state index contributed by atoms with van der Waals surface area (Å²) in [5.41, 5.74) is 1.77. The molecule has 2 heterocycles. The van der Waals surface area contributed by atoms with Gasteiger partial charge in [-0.1, -0.05) is 6.92 Å². The van der Waals surface area contributed by atoms with Crippen LogP contribution in [0.15, 0.2) is 33.4 Å². The van der Waals surface area contributed by atoms with Crippen molar-refractivity contribution in [3.8, 4) is 6.07 Å². The van der Waals surface area contributed by atoms with Gasteiger partial charge in [0.15, 0.2) is 0 Å². The molecule has 0 spiro atoms. The third-order valence-corrected chi connectivity index (χ3v) is 3.19. The monoisotopic (exact) mass is 278 g/mol. The van der Waals surface area contributed by atoms with Crippen LogP contribution in [0, 0.1) is 11.3 Å². The van der Waals surface area contributed by atoms with Gasteiger partial charge in [-0.3, -0.25) is 0 Å². The van der Waals surface area contributed by atoms with Crippen molar-refractivity contribution in [2.45, 2.75) is 19.9 Å². The molecule has 4 heteroatoms. The van der Waals surface area contributed by atoms with Crippen LogP contribution < -0.4 is 0 Å². The Morgan fingerprint density at radius 3 is 2.94 bits per heavy atom. The quantitative estimate of drug-likeness (QED) is 0.864. The fourth-order valence-corrected chi connectivity index (χ4v) is 2.46. The van der Waals surface area contributed by atoms with Crippen molar-refractivity contribution in [2.75, 3.05) is 0 Å². The van der Waals surface area contributed by atoms with Crippen molar-refractivity contribution in [1.29, 1.82) is 5.26 Å². The average molecular weight is 279 g/mol. The van der Waals surface area contributed by atoms with Crippen LogP contribution in [0.1, 0.15) is 24.1 Å². The fourth-order valence-electron chi connectivity index (χ4n) is 1.75. The topological polar surface area (TPSA) is 41.9 Å². The molecule has 0 radical (unpaired) electrons. The van der Waals surface area contributed by atoms with Crippen LogP contribution >= 0.6 is 15.9 Å². The first kappa shape index (κ1) is 11.0. The van der Waals surface area contributed by atoms with Gasteiger partial charge in [-0.2, -0.15) is 5.26 Å². The number of hydrogen-bond donors (Lipinski definition) is 0. The molecule has 0 bridgehead atoms. The van der Waals surface area contributed by atoms with E-state index in [-0.39, 0.29) is 0 Å². The highest BCUT2D eigenvalue weighted by atomic mass is 79.9. The molecular formula is C12H11BrN2O. The van der Waals surface area contributed by atoms with Crippen molar-refractivity contribution in [1.82, 2.24) is 4.57 Å². The highest BCUT2D eigenvalue weighted by molar-refractivity contribution is 9.10. The molecule has 16 heavy (non-hydrogen) atoms. The van der Waals surface area contributed by atoms with Crippen molar-refractivity contribution in [3.05, 3.63) is 46.1 Å². The van der Waals surface area contributed by atoms with Crippen LogP contribution in [0.25, 0.3) is 0 Å². The van der Waals surface area contributed by atoms with Gasteiger partial charge in [-0.25, -0.2) is 0 Å².